The van der Waals surface area contributed by atoms with Gasteiger partial charge in [-0.05, 0) is 37.8 Å². The summed E-state index contributed by atoms with van der Waals surface area (Å²) in [5.41, 5.74) is -0.462. The van der Waals surface area contributed by atoms with Crippen LogP contribution in [0.2, 0.25) is 0 Å². The molecule has 1 aromatic carbocycles. The highest BCUT2D eigenvalue weighted by Gasteiger charge is 2.50. The molecule has 0 heterocycles. The molecular formula is C15H17N3O5. The Morgan fingerprint density at radius 3 is 2.57 bits per heavy atom. The van der Waals surface area contributed by atoms with Crippen LogP contribution in [0.5, 0.6) is 0 Å². The molecule has 1 amide bonds. The summed E-state index contributed by atoms with van der Waals surface area (Å²) in [6.07, 6.45) is 3.04. The van der Waals surface area contributed by atoms with E-state index in [4.69, 9.17) is 5.11 Å². The molecule has 2 aliphatic rings. The minimum atomic E-state index is -0.923. The number of carboxylic acid groups (broad SMARTS) is 1. The topological polar surface area (TPSA) is 122 Å². The lowest BCUT2D eigenvalue weighted by molar-refractivity contribution is -0.384. The molecule has 0 spiro atoms. The van der Waals surface area contributed by atoms with Crippen molar-refractivity contribution in [1.29, 1.82) is 0 Å². The normalized spacial score (nSPS) is 18.1. The van der Waals surface area contributed by atoms with Gasteiger partial charge in [-0.1, -0.05) is 0 Å². The van der Waals surface area contributed by atoms with E-state index in [0.29, 0.717) is 18.5 Å². The lowest BCUT2D eigenvalue weighted by Crippen LogP contribution is -2.34. The van der Waals surface area contributed by atoms with Gasteiger partial charge < -0.3 is 15.7 Å². The fourth-order valence-corrected chi connectivity index (χ4v) is 2.36. The van der Waals surface area contributed by atoms with Gasteiger partial charge >= 0.3 is 5.97 Å². The predicted molar refractivity (Wildman–Crippen MR) is 81.4 cm³/mol. The third-order valence-corrected chi connectivity index (χ3v) is 4.29. The van der Waals surface area contributed by atoms with E-state index in [1.165, 1.54) is 18.2 Å². The molecule has 0 aromatic heterocycles. The molecule has 8 nitrogen and oxygen atoms in total. The predicted octanol–water partition coefficient (Wildman–Crippen LogP) is 1.76. The van der Waals surface area contributed by atoms with Gasteiger partial charge in [-0.25, -0.2) is 0 Å². The zero-order valence-electron chi connectivity index (χ0n) is 12.4. The van der Waals surface area contributed by atoms with E-state index in [1.54, 1.807) is 0 Å². The van der Waals surface area contributed by atoms with Crippen LogP contribution in [0.1, 0.15) is 36.0 Å². The second-order valence-corrected chi connectivity index (χ2v) is 6.18. The van der Waals surface area contributed by atoms with Crippen molar-refractivity contribution in [3.8, 4) is 0 Å². The summed E-state index contributed by atoms with van der Waals surface area (Å²) in [5.74, 6) is -1.42. The van der Waals surface area contributed by atoms with Crippen LogP contribution in [0.15, 0.2) is 18.2 Å². The van der Waals surface area contributed by atoms with Crippen molar-refractivity contribution in [2.24, 2.45) is 5.41 Å². The van der Waals surface area contributed by atoms with Gasteiger partial charge in [0.1, 0.15) is 5.69 Å². The number of aliphatic carboxylic acids is 1. The average molecular weight is 319 g/mol. The Kier molecular flexibility index (Phi) is 3.67. The van der Waals surface area contributed by atoms with Gasteiger partial charge in [-0.15, -0.1) is 0 Å². The van der Waals surface area contributed by atoms with Gasteiger partial charge in [-0.3, -0.25) is 19.7 Å². The van der Waals surface area contributed by atoms with Crippen LogP contribution in [0.25, 0.3) is 0 Å². The van der Waals surface area contributed by atoms with E-state index >= 15 is 0 Å². The quantitative estimate of drug-likeness (QED) is 0.520. The lowest BCUT2D eigenvalue weighted by atomic mass is 10.1. The summed E-state index contributed by atoms with van der Waals surface area (Å²) in [6.45, 7) is 0.0387. The molecule has 0 radical (unpaired) electrons. The van der Waals surface area contributed by atoms with Crippen LogP contribution in [-0.4, -0.2) is 34.5 Å². The Labute approximate surface area is 132 Å². The van der Waals surface area contributed by atoms with Crippen LogP contribution < -0.4 is 10.6 Å². The van der Waals surface area contributed by atoms with Crippen LogP contribution >= 0.6 is 0 Å². The van der Waals surface area contributed by atoms with Crippen molar-refractivity contribution < 1.29 is 19.6 Å². The number of nitro groups is 1. The van der Waals surface area contributed by atoms with Gasteiger partial charge in [0.05, 0.1) is 10.3 Å². The molecule has 23 heavy (non-hydrogen) atoms. The van der Waals surface area contributed by atoms with Gasteiger partial charge in [-0.2, -0.15) is 0 Å². The van der Waals surface area contributed by atoms with Crippen molar-refractivity contribution in [1.82, 2.24) is 5.32 Å². The average Bonchev–Trinajstić information content (AvgIpc) is 3.40. The van der Waals surface area contributed by atoms with Gasteiger partial charge in [0.15, 0.2) is 0 Å². The summed E-state index contributed by atoms with van der Waals surface area (Å²) in [6, 6.07) is 4.52. The number of nitrogens with zero attached hydrogens (tertiary/aromatic N) is 1. The number of nitro benzene ring substituents is 1. The number of carbonyl (C=O) groups is 2. The molecule has 1 aromatic rings. The zero-order chi connectivity index (χ0) is 16.6. The Hall–Kier alpha value is -2.64. The second kappa shape index (κ2) is 5.53. The number of rotatable bonds is 7. The summed E-state index contributed by atoms with van der Waals surface area (Å²) in [7, 11) is 0. The van der Waals surface area contributed by atoms with Gasteiger partial charge in [0.25, 0.3) is 11.6 Å². The smallest absolute Gasteiger partial charge is 0.311 e. The Morgan fingerprint density at radius 2 is 2.04 bits per heavy atom. The molecule has 0 saturated heterocycles. The third-order valence-electron chi connectivity index (χ3n) is 4.29. The summed E-state index contributed by atoms with van der Waals surface area (Å²) < 4.78 is 0. The zero-order valence-corrected chi connectivity index (χ0v) is 12.4. The molecule has 2 aliphatic carbocycles. The highest BCUT2D eigenvalue weighted by atomic mass is 16.6. The maximum Gasteiger partial charge on any atom is 0.311 e. The Morgan fingerprint density at radius 1 is 1.35 bits per heavy atom. The molecule has 0 atom stereocenters. The number of amides is 1. The van der Waals surface area contributed by atoms with Gasteiger partial charge in [0, 0.05) is 24.2 Å². The fraction of sp³-hybridized carbons (Fsp3) is 0.467. The van der Waals surface area contributed by atoms with E-state index in [-0.39, 0.29) is 23.8 Å². The van der Waals surface area contributed by atoms with Crippen LogP contribution in [0.4, 0.5) is 11.4 Å². The molecule has 8 heteroatoms. The maximum atomic E-state index is 12.1. The largest absolute Gasteiger partial charge is 0.481 e. The monoisotopic (exact) mass is 319 g/mol. The van der Waals surface area contributed by atoms with Crippen molar-refractivity contribution in [3.05, 3.63) is 33.9 Å². The molecule has 122 valence electrons. The molecular weight excluding hydrogens is 302 g/mol. The first-order valence-corrected chi connectivity index (χ1v) is 7.48. The first-order chi connectivity index (χ1) is 10.9. The number of hydrogen-bond acceptors (Lipinski definition) is 5. The summed E-state index contributed by atoms with van der Waals surface area (Å²) >= 11 is 0. The van der Waals surface area contributed by atoms with E-state index in [2.05, 4.69) is 10.6 Å². The summed E-state index contributed by atoms with van der Waals surface area (Å²) in [5, 5.41) is 25.9. The molecule has 2 fully saturated rings. The van der Waals surface area contributed by atoms with E-state index in [1.807, 2.05) is 0 Å². The fourth-order valence-electron chi connectivity index (χ4n) is 2.36. The number of hydrogen-bond donors (Lipinski definition) is 3. The van der Waals surface area contributed by atoms with E-state index < -0.39 is 22.2 Å². The minimum absolute atomic E-state index is 0.0387. The number of benzene rings is 1. The van der Waals surface area contributed by atoms with Crippen LogP contribution in [-0.2, 0) is 4.79 Å². The molecule has 3 N–H and O–H groups in total. The maximum absolute atomic E-state index is 12.1. The highest BCUT2D eigenvalue weighted by Crippen LogP contribution is 2.45. The van der Waals surface area contributed by atoms with Crippen molar-refractivity contribution in [3.63, 3.8) is 0 Å². The van der Waals surface area contributed by atoms with Gasteiger partial charge in [0.2, 0.25) is 0 Å². The number of anilines is 1. The van der Waals surface area contributed by atoms with Crippen molar-refractivity contribution in [2.75, 3.05) is 11.9 Å². The van der Waals surface area contributed by atoms with Crippen molar-refractivity contribution in [2.45, 2.75) is 31.7 Å². The van der Waals surface area contributed by atoms with E-state index in [9.17, 15) is 19.7 Å². The first kappa shape index (κ1) is 15.3. The standard InChI is InChI=1S/C15H17N3O5/c19-13(16-8-15(5-6-15)14(20)21)9-1-4-11(17-10-2-3-10)12(7-9)18(22)23/h1,4,7,10,17H,2-3,5-6,8H2,(H,16,19)(H,20,21). The second-order valence-electron chi connectivity index (χ2n) is 6.18. The van der Waals surface area contributed by atoms with Crippen molar-refractivity contribution >= 4 is 23.3 Å². The first-order valence-electron chi connectivity index (χ1n) is 7.48. The molecule has 0 unspecified atom stereocenters. The van der Waals surface area contributed by atoms with Crippen LogP contribution in [0.3, 0.4) is 0 Å². The third kappa shape index (κ3) is 3.25. The highest BCUT2D eigenvalue weighted by molar-refractivity contribution is 5.96. The minimum Gasteiger partial charge on any atom is -0.481 e. The molecule has 0 aliphatic heterocycles. The van der Waals surface area contributed by atoms with Crippen LogP contribution in [0, 0.1) is 15.5 Å². The summed E-state index contributed by atoms with van der Waals surface area (Å²) in [4.78, 5) is 33.8. The van der Waals surface area contributed by atoms with E-state index in [0.717, 1.165) is 12.8 Å². The number of nitrogens with one attached hydrogen (secondary N) is 2. The Bertz CT molecular complexity index is 680. The molecule has 2 saturated carbocycles. The lowest BCUT2D eigenvalue weighted by Gasteiger charge is -2.12. The Balaban J connectivity index is 1.71. The SMILES string of the molecule is O=C(NCC1(C(=O)O)CC1)c1ccc(NC2CC2)c([N+](=O)[O-])c1. The number of carboxylic acids is 1. The number of carbonyl (C=O) groups excluding carboxylic acids is 1. The molecule has 3 rings (SSSR count). The molecule has 0 bridgehead atoms.